The molecule has 1 aromatic heterocycles. The molecule has 1 rings (SSSR count). The number of pyridine rings is 1. The van der Waals surface area contributed by atoms with Gasteiger partial charge in [-0.2, -0.15) is 0 Å². The Kier molecular flexibility index (Phi) is 5.71. The molecule has 0 aliphatic carbocycles. The van der Waals surface area contributed by atoms with Gasteiger partial charge in [0.15, 0.2) is 0 Å². The maximum atomic E-state index is 11.0. The zero-order chi connectivity index (χ0) is 9.84. The molecule has 0 aromatic carbocycles. The number of nitrogens with zero attached hydrogens (tertiary/aromatic N) is 1. The third kappa shape index (κ3) is 2.95. The fourth-order valence-corrected chi connectivity index (χ4v) is 1.32. The van der Waals surface area contributed by atoms with Crippen molar-refractivity contribution in [3.8, 4) is 5.88 Å². The van der Waals surface area contributed by atoms with Crippen LogP contribution in [0.4, 0.5) is 0 Å². The Bertz CT molecular complexity index is 330. The molecule has 0 aliphatic rings. The van der Waals surface area contributed by atoms with Gasteiger partial charge in [-0.05, 0) is 22.0 Å². The van der Waals surface area contributed by atoms with Crippen molar-refractivity contribution < 1.29 is 14.3 Å². The van der Waals surface area contributed by atoms with E-state index in [0.717, 1.165) is 0 Å². The van der Waals surface area contributed by atoms with Crippen LogP contribution in [0.15, 0.2) is 16.7 Å². The Morgan fingerprint density at radius 1 is 1.50 bits per heavy atom. The number of halogens is 2. The maximum Gasteiger partial charge on any atom is 0.339 e. The second-order valence-electron chi connectivity index (χ2n) is 2.21. The van der Waals surface area contributed by atoms with E-state index < -0.39 is 5.97 Å². The molecule has 4 nitrogen and oxygen atoms in total. The number of carbonyl (C=O) groups is 1. The van der Waals surface area contributed by atoms with E-state index in [1.807, 2.05) is 0 Å². The molecule has 0 amide bonds. The van der Waals surface area contributed by atoms with Gasteiger partial charge < -0.3 is 9.47 Å². The third-order valence-corrected chi connectivity index (χ3v) is 1.99. The Labute approximate surface area is 101 Å². The summed E-state index contributed by atoms with van der Waals surface area (Å²) in [6, 6.07) is 1.59. The molecule has 1 aromatic rings. The fraction of sp³-hybridized carbons (Fsp3) is 0.250. The number of methoxy groups -OCH3 is 2. The molecular weight excluding hydrogens is 318 g/mol. The van der Waals surface area contributed by atoms with E-state index in [1.165, 1.54) is 20.4 Å². The normalized spacial score (nSPS) is 8.79. The lowest BCUT2D eigenvalue weighted by molar-refractivity contribution is 0.0600. The Hall–Kier alpha value is -0.620. The van der Waals surface area contributed by atoms with Crippen molar-refractivity contribution in [2.75, 3.05) is 14.2 Å². The number of esters is 1. The highest BCUT2D eigenvalue weighted by molar-refractivity contribution is 9.10. The predicted molar refractivity (Wildman–Crippen MR) is 60.2 cm³/mol. The minimum atomic E-state index is -0.421. The number of rotatable bonds is 2. The number of hydrogen-bond acceptors (Lipinski definition) is 4. The van der Waals surface area contributed by atoms with Crippen LogP contribution in [0.5, 0.6) is 5.88 Å². The number of carbonyl (C=O) groups excluding carboxylic acids is 1. The summed E-state index contributed by atoms with van der Waals surface area (Å²) in [4.78, 5) is 14.9. The Morgan fingerprint density at radius 3 is 2.57 bits per heavy atom. The van der Waals surface area contributed by atoms with Crippen molar-refractivity contribution in [2.24, 2.45) is 0 Å². The standard InChI is InChI=1S/C8H8BrNO3.BrH/c1-12-7-6(9)3-5(4-10-7)8(11)13-2;/h3-4H,1-2H3;1H. The van der Waals surface area contributed by atoms with Crippen molar-refractivity contribution in [1.82, 2.24) is 4.98 Å². The molecule has 0 saturated heterocycles. The molecule has 0 atom stereocenters. The van der Waals surface area contributed by atoms with Gasteiger partial charge in [-0.15, -0.1) is 17.0 Å². The molecule has 0 aliphatic heterocycles. The van der Waals surface area contributed by atoms with Crippen molar-refractivity contribution >= 4 is 38.9 Å². The second-order valence-corrected chi connectivity index (χ2v) is 3.06. The summed E-state index contributed by atoms with van der Waals surface area (Å²) in [6.07, 6.45) is 1.40. The Balaban J connectivity index is 0.00000169. The SMILES string of the molecule is Br.COC(=O)c1cnc(OC)c(Br)c1. The van der Waals surface area contributed by atoms with E-state index in [-0.39, 0.29) is 17.0 Å². The lowest BCUT2D eigenvalue weighted by atomic mass is 10.3. The molecule has 0 bridgehead atoms. The van der Waals surface area contributed by atoms with Gasteiger partial charge in [-0.3, -0.25) is 0 Å². The van der Waals surface area contributed by atoms with Gasteiger partial charge in [-0.25, -0.2) is 9.78 Å². The maximum absolute atomic E-state index is 11.0. The molecule has 0 spiro atoms. The average Bonchev–Trinajstić information content (AvgIpc) is 2.16. The van der Waals surface area contributed by atoms with Gasteiger partial charge in [0.05, 0.1) is 24.3 Å². The van der Waals surface area contributed by atoms with Crippen LogP contribution in [0.3, 0.4) is 0 Å². The van der Waals surface area contributed by atoms with Crippen LogP contribution in [-0.4, -0.2) is 25.2 Å². The van der Waals surface area contributed by atoms with Gasteiger partial charge in [0.2, 0.25) is 5.88 Å². The second kappa shape index (κ2) is 5.98. The molecular formula is C8H9Br2NO3. The summed E-state index contributed by atoms with van der Waals surface area (Å²) in [5.41, 5.74) is 0.384. The van der Waals surface area contributed by atoms with E-state index in [0.29, 0.717) is 15.9 Å². The van der Waals surface area contributed by atoms with Crippen molar-refractivity contribution in [1.29, 1.82) is 0 Å². The van der Waals surface area contributed by atoms with Crippen LogP contribution in [-0.2, 0) is 4.74 Å². The zero-order valence-electron chi connectivity index (χ0n) is 7.61. The molecule has 0 fully saturated rings. The molecule has 0 N–H and O–H groups in total. The summed E-state index contributed by atoms with van der Waals surface area (Å²) in [7, 11) is 2.82. The van der Waals surface area contributed by atoms with Crippen LogP contribution < -0.4 is 4.74 Å². The van der Waals surface area contributed by atoms with Gasteiger partial charge in [0.25, 0.3) is 0 Å². The van der Waals surface area contributed by atoms with E-state index in [1.54, 1.807) is 6.07 Å². The van der Waals surface area contributed by atoms with Gasteiger partial charge in [0, 0.05) is 6.20 Å². The van der Waals surface area contributed by atoms with Crippen LogP contribution in [0.1, 0.15) is 10.4 Å². The van der Waals surface area contributed by atoms with Crippen molar-refractivity contribution in [3.63, 3.8) is 0 Å². The van der Waals surface area contributed by atoms with Gasteiger partial charge in [-0.1, -0.05) is 0 Å². The summed E-state index contributed by atoms with van der Waals surface area (Å²) in [5.74, 6) is 0.0171. The molecule has 6 heteroatoms. The van der Waals surface area contributed by atoms with Crippen LogP contribution in [0.2, 0.25) is 0 Å². The summed E-state index contributed by atoms with van der Waals surface area (Å²) >= 11 is 3.21. The van der Waals surface area contributed by atoms with E-state index in [9.17, 15) is 4.79 Å². The quantitative estimate of drug-likeness (QED) is 0.782. The van der Waals surface area contributed by atoms with Crippen LogP contribution in [0, 0.1) is 0 Å². The highest BCUT2D eigenvalue weighted by atomic mass is 79.9. The Morgan fingerprint density at radius 2 is 2.14 bits per heavy atom. The molecule has 0 radical (unpaired) electrons. The van der Waals surface area contributed by atoms with E-state index in [2.05, 4.69) is 25.7 Å². The average molecular weight is 327 g/mol. The first-order valence-corrected chi connectivity index (χ1v) is 4.26. The largest absolute Gasteiger partial charge is 0.480 e. The first-order chi connectivity index (χ1) is 6.19. The molecule has 0 unspecified atom stereocenters. The molecule has 0 saturated carbocycles. The zero-order valence-corrected chi connectivity index (χ0v) is 10.9. The van der Waals surface area contributed by atoms with Crippen molar-refractivity contribution in [3.05, 3.63) is 22.3 Å². The van der Waals surface area contributed by atoms with E-state index >= 15 is 0 Å². The topological polar surface area (TPSA) is 48.4 Å². The lowest BCUT2D eigenvalue weighted by Crippen LogP contribution is -2.02. The minimum absolute atomic E-state index is 0. The smallest absolute Gasteiger partial charge is 0.339 e. The summed E-state index contributed by atoms with van der Waals surface area (Å²) in [6.45, 7) is 0. The van der Waals surface area contributed by atoms with Crippen LogP contribution >= 0.6 is 32.9 Å². The number of aromatic nitrogens is 1. The number of hydrogen-bond donors (Lipinski definition) is 0. The van der Waals surface area contributed by atoms with Crippen LogP contribution in [0.25, 0.3) is 0 Å². The fourth-order valence-electron chi connectivity index (χ4n) is 0.805. The summed E-state index contributed by atoms with van der Waals surface area (Å²) < 4.78 is 10.1. The number of ether oxygens (including phenoxy) is 2. The molecule has 1 heterocycles. The highest BCUT2D eigenvalue weighted by Crippen LogP contribution is 2.22. The predicted octanol–water partition coefficient (Wildman–Crippen LogP) is 2.22. The monoisotopic (exact) mass is 325 g/mol. The third-order valence-electron chi connectivity index (χ3n) is 1.42. The van der Waals surface area contributed by atoms with Crippen molar-refractivity contribution in [2.45, 2.75) is 0 Å². The van der Waals surface area contributed by atoms with Gasteiger partial charge in [0.1, 0.15) is 0 Å². The highest BCUT2D eigenvalue weighted by Gasteiger charge is 2.09. The lowest BCUT2D eigenvalue weighted by Gasteiger charge is -2.03. The van der Waals surface area contributed by atoms with E-state index in [4.69, 9.17) is 4.74 Å². The molecule has 14 heavy (non-hydrogen) atoms. The van der Waals surface area contributed by atoms with Gasteiger partial charge >= 0.3 is 5.97 Å². The minimum Gasteiger partial charge on any atom is -0.480 e. The summed E-state index contributed by atoms with van der Waals surface area (Å²) in [5, 5.41) is 0. The molecule has 78 valence electrons. The first kappa shape index (κ1) is 13.4. The first-order valence-electron chi connectivity index (χ1n) is 3.47.